The summed E-state index contributed by atoms with van der Waals surface area (Å²) >= 11 is 1.35. The Morgan fingerprint density at radius 2 is 1.45 bits per heavy atom. The molecule has 0 bridgehead atoms. The monoisotopic (exact) mass is 744 g/mol. The van der Waals surface area contributed by atoms with Crippen LogP contribution in [0.2, 0.25) is 0 Å². The lowest BCUT2D eigenvalue weighted by molar-refractivity contribution is -0.116. The Balaban J connectivity index is 1.08. The molecule has 0 saturated carbocycles. The fourth-order valence-corrected chi connectivity index (χ4v) is 6.80. The molecule has 1 unspecified atom stereocenters. The number of anilines is 2. The molecule has 0 saturated heterocycles. The Morgan fingerprint density at radius 3 is 2.18 bits per heavy atom. The standard InChI is InChI=1S/C45H36N4O5S/c1-2-53-36-26-20-30(21-27-36)28-39(48-42(50)32-14-7-4-8-15-32)43(51)47-35-16-11-17-37(29-35)55-41(31-12-5-3-6-13-31)44(52)46-34-24-22-33(23-25-34)45-49-38-18-9-10-19-40(38)54-45/h3-29,41H,2H2,1H3,(H,46,52)(H,47,51)(H,48,50)/b39-28+. The van der Waals surface area contributed by atoms with Crippen molar-refractivity contribution in [3.63, 3.8) is 0 Å². The van der Waals surface area contributed by atoms with Crippen LogP contribution in [0.5, 0.6) is 5.75 Å². The number of benzene rings is 6. The van der Waals surface area contributed by atoms with Crippen molar-refractivity contribution >= 4 is 58.0 Å². The number of carbonyl (C=O) groups excluding carboxylic acids is 3. The fraction of sp³-hybridized carbons (Fsp3) is 0.0667. The third-order valence-electron chi connectivity index (χ3n) is 8.41. The average molecular weight is 745 g/mol. The van der Waals surface area contributed by atoms with Gasteiger partial charge in [0.1, 0.15) is 22.2 Å². The molecule has 0 aliphatic heterocycles. The van der Waals surface area contributed by atoms with E-state index in [1.165, 1.54) is 11.8 Å². The zero-order valence-corrected chi connectivity index (χ0v) is 30.6. The van der Waals surface area contributed by atoms with Gasteiger partial charge in [0.15, 0.2) is 5.58 Å². The summed E-state index contributed by atoms with van der Waals surface area (Å²) in [6, 6.07) is 47.6. The van der Waals surface area contributed by atoms with Gasteiger partial charge in [-0.25, -0.2) is 4.98 Å². The molecule has 9 nitrogen and oxygen atoms in total. The molecule has 7 rings (SSSR count). The zero-order chi connectivity index (χ0) is 38.0. The van der Waals surface area contributed by atoms with Crippen molar-refractivity contribution in [2.45, 2.75) is 17.1 Å². The first-order chi connectivity index (χ1) is 26.9. The second-order valence-corrected chi connectivity index (χ2v) is 13.5. The van der Waals surface area contributed by atoms with Gasteiger partial charge in [-0.05, 0) is 103 Å². The second kappa shape index (κ2) is 17.3. The van der Waals surface area contributed by atoms with Crippen LogP contribution >= 0.6 is 11.8 Å². The smallest absolute Gasteiger partial charge is 0.272 e. The van der Waals surface area contributed by atoms with Crippen molar-refractivity contribution in [2.75, 3.05) is 17.2 Å². The van der Waals surface area contributed by atoms with Crippen LogP contribution in [-0.2, 0) is 9.59 Å². The van der Waals surface area contributed by atoms with Gasteiger partial charge in [0.05, 0.1) is 6.61 Å². The van der Waals surface area contributed by atoms with Crippen molar-refractivity contribution in [1.29, 1.82) is 0 Å². The number of nitrogens with zero attached hydrogens (tertiary/aromatic N) is 1. The van der Waals surface area contributed by atoms with E-state index in [9.17, 15) is 14.4 Å². The Labute approximate surface area is 322 Å². The normalized spacial score (nSPS) is 11.8. The fourth-order valence-electron chi connectivity index (χ4n) is 5.72. The van der Waals surface area contributed by atoms with E-state index in [1.807, 2.05) is 110 Å². The molecule has 0 aliphatic rings. The summed E-state index contributed by atoms with van der Waals surface area (Å²) < 4.78 is 11.5. The maximum Gasteiger partial charge on any atom is 0.272 e. The quantitative estimate of drug-likeness (QED) is 0.0794. The number of ether oxygens (including phenoxy) is 1. The second-order valence-electron chi connectivity index (χ2n) is 12.3. The first-order valence-corrected chi connectivity index (χ1v) is 18.5. The van der Waals surface area contributed by atoms with Gasteiger partial charge in [-0.1, -0.05) is 78.9 Å². The van der Waals surface area contributed by atoms with Crippen molar-refractivity contribution in [2.24, 2.45) is 0 Å². The van der Waals surface area contributed by atoms with Gasteiger partial charge in [-0.2, -0.15) is 0 Å². The molecular formula is C45H36N4O5S. The van der Waals surface area contributed by atoms with Crippen LogP contribution in [0.25, 0.3) is 28.6 Å². The Kier molecular flexibility index (Phi) is 11.4. The topological polar surface area (TPSA) is 123 Å². The van der Waals surface area contributed by atoms with E-state index in [-0.39, 0.29) is 11.6 Å². The molecule has 272 valence electrons. The van der Waals surface area contributed by atoms with Crippen molar-refractivity contribution < 1.29 is 23.5 Å². The molecule has 0 fully saturated rings. The Bertz CT molecular complexity index is 2420. The maximum atomic E-state index is 13.9. The van der Waals surface area contributed by atoms with Crippen LogP contribution < -0.4 is 20.7 Å². The molecule has 1 aromatic heterocycles. The van der Waals surface area contributed by atoms with Gasteiger partial charge in [-0.15, -0.1) is 11.8 Å². The highest BCUT2D eigenvalue weighted by molar-refractivity contribution is 8.00. The zero-order valence-electron chi connectivity index (χ0n) is 29.8. The van der Waals surface area contributed by atoms with Crippen LogP contribution in [0.3, 0.4) is 0 Å². The van der Waals surface area contributed by atoms with Gasteiger partial charge in [0.2, 0.25) is 11.8 Å². The molecule has 0 spiro atoms. The van der Waals surface area contributed by atoms with Crippen molar-refractivity contribution in [1.82, 2.24) is 10.3 Å². The van der Waals surface area contributed by atoms with E-state index in [2.05, 4.69) is 20.9 Å². The minimum absolute atomic E-state index is 0.0553. The summed E-state index contributed by atoms with van der Waals surface area (Å²) in [5.41, 5.74) is 5.36. The number of hydrogen-bond acceptors (Lipinski definition) is 7. The number of carbonyl (C=O) groups is 3. The lowest BCUT2D eigenvalue weighted by Gasteiger charge is -2.18. The molecule has 6 aromatic carbocycles. The summed E-state index contributed by atoms with van der Waals surface area (Å²) in [5, 5.41) is 8.14. The molecule has 1 atom stereocenters. The Morgan fingerprint density at radius 1 is 0.745 bits per heavy atom. The predicted molar refractivity (Wildman–Crippen MR) is 218 cm³/mol. The number of aromatic nitrogens is 1. The van der Waals surface area contributed by atoms with Gasteiger partial charge >= 0.3 is 0 Å². The van der Waals surface area contributed by atoms with Crippen LogP contribution in [0.4, 0.5) is 11.4 Å². The highest BCUT2D eigenvalue weighted by Gasteiger charge is 2.23. The third kappa shape index (κ3) is 9.37. The van der Waals surface area contributed by atoms with E-state index >= 15 is 0 Å². The largest absolute Gasteiger partial charge is 0.494 e. The lowest BCUT2D eigenvalue weighted by atomic mass is 10.1. The number of hydrogen-bond donors (Lipinski definition) is 3. The summed E-state index contributed by atoms with van der Waals surface area (Å²) in [4.78, 5) is 46.2. The molecular weight excluding hydrogens is 709 g/mol. The summed E-state index contributed by atoms with van der Waals surface area (Å²) in [5.74, 6) is 0.0458. The number of para-hydroxylation sites is 2. The van der Waals surface area contributed by atoms with Crippen LogP contribution in [0.1, 0.15) is 33.7 Å². The number of nitrogens with one attached hydrogen (secondary N) is 3. The molecule has 1 heterocycles. The maximum absolute atomic E-state index is 13.9. The minimum atomic E-state index is -0.621. The van der Waals surface area contributed by atoms with Crippen LogP contribution in [0.15, 0.2) is 173 Å². The number of fused-ring (bicyclic) bond motifs is 1. The first kappa shape index (κ1) is 36.4. The third-order valence-corrected chi connectivity index (χ3v) is 9.66. The number of amides is 3. The summed E-state index contributed by atoms with van der Waals surface area (Å²) in [6.07, 6.45) is 1.61. The summed E-state index contributed by atoms with van der Waals surface area (Å²) in [7, 11) is 0. The highest BCUT2D eigenvalue weighted by atomic mass is 32.2. The van der Waals surface area contributed by atoms with Crippen LogP contribution in [-0.4, -0.2) is 29.3 Å². The van der Waals surface area contributed by atoms with Gasteiger partial charge in [-0.3, -0.25) is 14.4 Å². The van der Waals surface area contributed by atoms with Crippen LogP contribution in [0, 0.1) is 0 Å². The molecule has 0 aliphatic carbocycles. The predicted octanol–water partition coefficient (Wildman–Crippen LogP) is 9.78. The van der Waals surface area contributed by atoms with Gasteiger partial charge < -0.3 is 25.1 Å². The molecule has 0 radical (unpaired) electrons. The van der Waals surface area contributed by atoms with Crippen molar-refractivity contribution in [3.05, 3.63) is 180 Å². The van der Waals surface area contributed by atoms with E-state index in [0.29, 0.717) is 46.3 Å². The van der Waals surface area contributed by atoms with Gasteiger partial charge in [0.25, 0.3) is 11.8 Å². The summed E-state index contributed by atoms with van der Waals surface area (Å²) in [6.45, 7) is 2.43. The molecule has 10 heteroatoms. The minimum Gasteiger partial charge on any atom is -0.494 e. The van der Waals surface area contributed by atoms with E-state index in [0.717, 1.165) is 21.5 Å². The van der Waals surface area contributed by atoms with E-state index in [4.69, 9.17) is 9.15 Å². The number of thioether (sulfide) groups is 1. The first-order valence-electron chi connectivity index (χ1n) is 17.6. The van der Waals surface area contributed by atoms with E-state index in [1.54, 1.807) is 60.7 Å². The molecule has 7 aromatic rings. The molecule has 3 N–H and O–H groups in total. The molecule has 55 heavy (non-hydrogen) atoms. The number of oxazole rings is 1. The van der Waals surface area contributed by atoms with Gasteiger partial charge in [0, 0.05) is 27.4 Å². The molecule has 3 amide bonds. The lowest BCUT2D eigenvalue weighted by Crippen LogP contribution is -2.30. The number of rotatable bonds is 13. The highest BCUT2D eigenvalue weighted by Crippen LogP contribution is 2.37. The van der Waals surface area contributed by atoms with E-state index < -0.39 is 17.1 Å². The SMILES string of the molecule is CCOc1ccc(/C=C(/NC(=O)c2ccccc2)C(=O)Nc2cccc(SC(C(=O)Nc3ccc(-c4nc5ccccc5o4)cc3)c3ccccc3)c2)cc1. The van der Waals surface area contributed by atoms with Crippen molar-refractivity contribution in [3.8, 4) is 17.2 Å². The average Bonchev–Trinajstić information content (AvgIpc) is 3.66. The Hall–Kier alpha value is -6.91.